The molecule has 25 heavy (non-hydrogen) atoms. The van der Waals surface area contributed by atoms with Gasteiger partial charge in [0.2, 0.25) is 0 Å². The van der Waals surface area contributed by atoms with Crippen LogP contribution in [0.2, 0.25) is 5.02 Å². The molecule has 3 rings (SSSR count). The Hall–Kier alpha value is -2.31. The van der Waals surface area contributed by atoms with Gasteiger partial charge in [-0.1, -0.05) is 11.6 Å². The van der Waals surface area contributed by atoms with Crippen molar-refractivity contribution >= 4 is 44.1 Å². The van der Waals surface area contributed by atoms with Gasteiger partial charge in [-0.05, 0) is 62.7 Å². The van der Waals surface area contributed by atoms with E-state index in [1.54, 1.807) is 38.1 Å². The third-order valence-electron chi connectivity index (χ3n) is 3.91. The number of halogens is 1. The Bertz CT molecular complexity index is 1100. The molecule has 1 heterocycles. The van der Waals surface area contributed by atoms with Gasteiger partial charge in [0.25, 0.3) is 10.0 Å². The lowest BCUT2D eigenvalue weighted by Gasteiger charge is -2.09. The van der Waals surface area contributed by atoms with E-state index in [0.717, 1.165) is 0 Å². The zero-order valence-corrected chi connectivity index (χ0v) is 15.5. The van der Waals surface area contributed by atoms with Crippen molar-refractivity contribution in [2.24, 2.45) is 0 Å². The lowest BCUT2D eigenvalue weighted by Crippen LogP contribution is -2.13. The number of ketones is 1. The van der Waals surface area contributed by atoms with E-state index in [0.29, 0.717) is 38.6 Å². The van der Waals surface area contributed by atoms with Crippen molar-refractivity contribution in [1.82, 2.24) is 0 Å². The number of sulfonamides is 1. The molecule has 0 saturated heterocycles. The Morgan fingerprint density at radius 2 is 1.84 bits per heavy atom. The first-order valence-corrected chi connectivity index (χ1v) is 9.38. The fraction of sp³-hybridized carbons (Fsp3) is 0.167. The molecule has 3 aromatic rings. The highest BCUT2D eigenvalue weighted by Crippen LogP contribution is 2.29. The molecule has 5 nitrogen and oxygen atoms in total. The van der Waals surface area contributed by atoms with Gasteiger partial charge in [0.15, 0.2) is 5.78 Å². The minimum absolute atomic E-state index is 0.115. The number of aryl methyl sites for hydroxylation is 2. The summed E-state index contributed by atoms with van der Waals surface area (Å²) in [6.45, 7) is 4.89. The molecule has 0 radical (unpaired) electrons. The van der Waals surface area contributed by atoms with Crippen molar-refractivity contribution < 1.29 is 17.6 Å². The number of nitrogens with one attached hydrogen (secondary N) is 1. The van der Waals surface area contributed by atoms with Crippen LogP contribution in [0.4, 0.5) is 5.69 Å². The number of rotatable bonds is 4. The number of Topliss-reactive ketones (excluding diaryl/α,β-unsaturated/α-hetero) is 1. The van der Waals surface area contributed by atoms with Crippen LogP contribution in [0.3, 0.4) is 0 Å². The monoisotopic (exact) mass is 377 g/mol. The van der Waals surface area contributed by atoms with E-state index in [-0.39, 0.29) is 10.7 Å². The normalized spacial score (nSPS) is 11.7. The molecule has 0 fully saturated rings. The molecule has 0 amide bonds. The van der Waals surface area contributed by atoms with Gasteiger partial charge in [-0.3, -0.25) is 9.52 Å². The minimum Gasteiger partial charge on any atom is -0.461 e. The lowest BCUT2D eigenvalue weighted by molar-refractivity contribution is 0.101. The molecule has 0 aliphatic heterocycles. The van der Waals surface area contributed by atoms with E-state index in [2.05, 4.69) is 4.72 Å². The summed E-state index contributed by atoms with van der Waals surface area (Å²) in [4.78, 5) is 11.9. The zero-order valence-electron chi connectivity index (χ0n) is 13.9. The molecular weight excluding hydrogens is 362 g/mol. The second-order valence-corrected chi connectivity index (χ2v) is 7.91. The smallest absolute Gasteiger partial charge is 0.261 e. The predicted octanol–water partition coefficient (Wildman–Crippen LogP) is 4.71. The number of carbonyl (C=O) groups is 1. The van der Waals surface area contributed by atoms with Crippen LogP contribution in [0, 0.1) is 13.8 Å². The van der Waals surface area contributed by atoms with Crippen LogP contribution in [0.1, 0.15) is 28.6 Å². The highest BCUT2D eigenvalue weighted by Gasteiger charge is 2.18. The molecule has 0 saturated carbocycles. The summed E-state index contributed by atoms with van der Waals surface area (Å²) < 4.78 is 33.2. The SMILES string of the molecule is CC(=O)c1c(C)oc2ccc(NS(=O)(=O)c3ccc(Cl)c(C)c3)cc12. The van der Waals surface area contributed by atoms with Crippen LogP contribution in [-0.4, -0.2) is 14.2 Å². The maximum absolute atomic E-state index is 12.6. The Morgan fingerprint density at radius 3 is 2.48 bits per heavy atom. The zero-order chi connectivity index (χ0) is 18.4. The molecule has 0 bridgehead atoms. The van der Waals surface area contributed by atoms with Gasteiger partial charge in [-0.15, -0.1) is 0 Å². The molecule has 0 atom stereocenters. The van der Waals surface area contributed by atoms with Crippen molar-refractivity contribution in [3.05, 3.63) is 58.3 Å². The predicted molar refractivity (Wildman–Crippen MR) is 98.0 cm³/mol. The van der Waals surface area contributed by atoms with Crippen molar-refractivity contribution in [1.29, 1.82) is 0 Å². The van der Waals surface area contributed by atoms with Crippen molar-refractivity contribution in [3.63, 3.8) is 0 Å². The maximum Gasteiger partial charge on any atom is 0.261 e. The topological polar surface area (TPSA) is 76.4 Å². The van der Waals surface area contributed by atoms with E-state index >= 15 is 0 Å². The second kappa shape index (κ2) is 6.20. The van der Waals surface area contributed by atoms with Crippen LogP contribution < -0.4 is 4.72 Å². The molecule has 0 aliphatic rings. The van der Waals surface area contributed by atoms with Crippen LogP contribution in [-0.2, 0) is 10.0 Å². The van der Waals surface area contributed by atoms with E-state index in [1.807, 2.05) is 0 Å². The first-order valence-electron chi connectivity index (χ1n) is 7.52. The molecular formula is C18H16ClNO4S. The standard InChI is InChI=1S/C18H16ClNO4S/c1-10-8-14(5-6-16(10)19)25(22,23)20-13-4-7-17-15(9-13)18(11(2)21)12(3)24-17/h4-9,20H,1-3H3. The molecule has 1 N–H and O–H groups in total. The number of anilines is 1. The number of carbonyl (C=O) groups excluding carboxylic acids is 1. The summed E-state index contributed by atoms with van der Waals surface area (Å²) in [5.74, 6) is 0.375. The quantitative estimate of drug-likeness (QED) is 0.668. The fourth-order valence-corrected chi connectivity index (χ4v) is 3.97. The third-order valence-corrected chi connectivity index (χ3v) is 5.71. The van der Waals surface area contributed by atoms with Gasteiger partial charge in [0.1, 0.15) is 11.3 Å². The van der Waals surface area contributed by atoms with E-state index in [9.17, 15) is 13.2 Å². The lowest BCUT2D eigenvalue weighted by atomic mass is 10.1. The number of benzene rings is 2. The van der Waals surface area contributed by atoms with Gasteiger partial charge < -0.3 is 4.42 Å². The summed E-state index contributed by atoms with van der Waals surface area (Å²) >= 11 is 5.95. The van der Waals surface area contributed by atoms with Crippen molar-refractivity contribution in [2.45, 2.75) is 25.7 Å². The average molecular weight is 378 g/mol. The van der Waals surface area contributed by atoms with Crippen LogP contribution in [0.25, 0.3) is 11.0 Å². The van der Waals surface area contributed by atoms with Gasteiger partial charge in [0.05, 0.1) is 10.5 Å². The molecule has 0 spiro atoms. The largest absolute Gasteiger partial charge is 0.461 e. The average Bonchev–Trinajstić information content (AvgIpc) is 2.84. The van der Waals surface area contributed by atoms with E-state index in [4.69, 9.17) is 16.0 Å². The van der Waals surface area contributed by atoms with Gasteiger partial charge in [-0.2, -0.15) is 0 Å². The molecule has 130 valence electrons. The summed E-state index contributed by atoms with van der Waals surface area (Å²) in [7, 11) is -3.77. The van der Waals surface area contributed by atoms with Crippen molar-refractivity contribution in [3.8, 4) is 0 Å². The molecule has 1 aromatic heterocycles. The van der Waals surface area contributed by atoms with Gasteiger partial charge in [-0.25, -0.2) is 8.42 Å². The Kier molecular flexibility index (Phi) is 4.34. The highest BCUT2D eigenvalue weighted by molar-refractivity contribution is 7.92. The Balaban J connectivity index is 2.03. The number of fused-ring (bicyclic) bond motifs is 1. The van der Waals surface area contributed by atoms with Gasteiger partial charge in [0, 0.05) is 16.1 Å². The Labute approximate surface area is 150 Å². The summed E-state index contributed by atoms with van der Waals surface area (Å²) in [5, 5.41) is 1.08. The van der Waals surface area contributed by atoms with Gasteiger partial charge >= 0.3 is 0 Å². The van der Waals surface area contributed by atoms with E-state index < -0.39 is 10.0 Å². The highest BCUT2D eigenvalue weighted by atomic mass is 35.5. The molecule has 0 aliphatic carbocycles. The summed E-state index contributed by atoms with van der Waals surface area (Å²) in [6.07, 6.45) is 0. The van der Waals surface area contributed by atoms with Crippen LogP contribution in [0.5, 0.6) is 0 Å². The second-order valence-electron chi connectivity index (χ2n) is 5.82. The van der Waals surface area contributed by atoms with E-state index in [1.165, 1.54) is 19.1 Å². The summed E-state index contributed by atoms with van der Waals surface area (Å²) in [5.41, 5.74) is 2.01. The maximum atomic E-state index is 12.6. The fourth-order valence-electron chi connectivity index (χ4n) is 2.72. The van der Waals surface area contributed by atoms with Crippen molar-refractivity contribution in [2.75, 3.05) is 4.72 Å². The first kappa shape index (κ1) is 17.5. The molecule has 7 heteroatoms. The van der Waals surface area contributed by atoms with Crippen LogP contribution >= 0.6 is 11.6 Å². The first-order chi connectivity index (χ1) is 11.7. The number of hydrogen-bond acceptors (Lipinski definition) is 4. The Morgan fingerprint density at radius 1 is 1.12 bits per heavy atom. The molecule has 2 aromatic carbocycles. The summed E-state index contributed by atoms with van der Waals surface area (Å²) in [6, 6.07) is 9.32. The molecule has 0 unspecified atom stereocenters. The number of hydrogen-bond donors (Lipinski definition) is 1. The van der Waals surface area contributed by atoms with Crippen LogP contribution in [0.15, 0.2) is 45.7 Å². The minimum atomic E-state index is -3.77. The third kappa shape index (κ3) is 3.27. The number of furan rings is 1.